The minimum atomic E-state index is 0.535. The number of hydrogen-bond donors (Lipinski definition) is 1. The van der Waals surface area contributed by atoms with Gasteiger partial charge in [0.05, 0.1) is 0 Å². The van der Waals surface area contributed by atoms with Crippen molar-refractivity contribution in [2.24, 2.45) is 0 Å². The second kappa shape index (κ2) is 4.37. The Bertz CT molecular complexity index is 465. The van der Waals surface area contributed by atoms with Gasteiger partial charge in [0, 0.05) is 17.7 Å². The Morgan fingerprint density at radius 2 is 2.20 bits per heavy atom. The van der Waals surface area contributed by atoms with Gasteiger partial charge in [-0.25, -0.2) is 9.97 Å². The molecule has 0 saturated carbocycles. The van der Waals surface area contributed by atoms with Crippen molar-refractivity contribution in [3.8, 4) is 0 Å². The molecule has 0 aliphatic heterocycles. The number of anilines is 1. The number of rotatable bonds is 3. The maximum absolute atomic E-state index is 4.48. The number of nitrogens with one attached hydrogen (secondary N) is 1. The van der Waals surface area contributed by atoms with Crippen LogP contribution < -0.4 is 5.32 Å². The van der Waals surface area contributed by atoms with Crippen LogP contribution in [-0.2, 0) is 0 Å². The minimum absolute atomic E-state index is 0.535. The molecule has 5 heteroatoms. The van der Waals surface area contributed by atoms with E-state index in [0.29, 0.717) is 11.2 Å². The topological polar surface area (TPSA) is 37.8 Å². The zero-order chi connectivity index (χ0) is 10.8. The molecule has 80 valence electrons. The quantitative estimate of drug-likeness (QED) is 0.659. The Hall–Kier alpha value is -0.810. The van der Waals surface area contributed by atoms with E-state index in [1.165, 1.54) is 0 Å². The van der Waals surface area contributed by atoms with Crippen molar-refractivity contribution < 1.29 is 0 Å². The first-order chi connectivity index (χ1) is 7.20. The molecule has 0 amide bonds. The molecule has 1 N–H and O–H groups in total. The Morgan fingerprint density at radius 3 is 2.87 bits per heavy atom. The zero-order valence-electron chi connectivity index (χ0n) is 8.94. The minimum Gasteiger partial charge on any atom is -0.357 e. The maximum atomic E-state index is 4.48. The average molecular weight is 239 g/mol. The van der Waals surface area contributed by atoms with E-state index in [9.17, 15) is 0 Å². The number of aromatic nitrogens is 2. The summed E-state index contributed by atoms with van der Waals surface area (Å²) in [4.78, 5) is 9.94. The first-order valence-electron chi connectivity index (χ1n) is 4.80. The van der Waals surface area contributed by atoms with Gasteiger partial charge >= 0.3 is 0 Å². The van der Waals surface area contributed by atoms with E-state index in [1.807, 2.05) is 7.05 Å². The van der Waals surface area contributed by atoms with Crippen LogP contribution in [0.25, 0.3) is 10.2 Å². The highest BCUT2D eigenvalue weighted by Gasteiger charge is 2.09. The van der Waals surface area contributed by atoms with Crippen molar-refractivity contribution in [2.45, 2.75) is 24.1 Å². The molecule has 2 heterocycles. The van der Waals surface area contributed by atoms with Crippen LogP contribution in [0.15, 0.2) is 16.5 Å². The van der Waals surface area contributed by atoms with Crippen LogP contribution in [0.4, 0.5) is 5.95 Å². The fourth-order valence-corrected chi connectivity index (χ4v) is 2.96. The van der Waals surface area contributed by atoms with E-state index in [2.05, 4.69) is 40.6 Å². The number of thiophene rings is 1. The molecule has 2 aromatic rings. The van der Waals surface area contributed by atoms with E-state index in [0.717, 1.165) is 15.2 Å². The Morgan fingerprint density at radius 1 is 1.40 bits per heavy atom. The lowest BCUT2D eigenvalue weighted by Gasteiger charge is -2.07. The van der Waals surface area contributed by atoms with Crippen molar-refractivity contribution in [1.29, 1.82) is 0 Å². The molecule has 0 atom stereocenters. The molecule has 2 rings (SSSR count). The largest absolute Gasteiger partial charge is 0.357 e. The van der Waals surface area contributed by atoms with Crippen molar-refractivity contribution in [3.05, 3.63) is 11.4 Å². The molecular formula is C10H13N3S2. The lowest BCUT2D eigenvalue weighted by Crippen LogP contribution is -1.98. The lowest BCUT2D eigenvalue weighted by atomic mass is 10.4. The summed E-state index contributed by atoms with van der Waals surface area (Å²) in [6.07, 6.45) is 0. The SMILES string of the molecule is CNc1nc(SC(C)C)c2ccsc2n1. The van der Waals surface area contributed by atoms with E-state index >= 15 is 0 Å². The van der Waals surface area contributed by atoms with Crippen molar-refractivity contribution in [2.75, 3.05) is 12.4 Å². The zero-order valence-corrected chi connectivity index (χ0v) is 10.6. The van der Waals surface area contributed by atoms with E-state index < -0.39 is 0 Å². The molecule has 0 aromatic carbocycles. The fraction of sp³-hybridized carbons (Fsp3) is 0.400. The summed E-state index contributed by atoms with van der Waals surface area (Å²) in [5, 5.41) is 7.82. The molecule has 0 bridgehead atoms. The maximum Gasteiger partial charge on any atom is 0.224 e. The normalized spacial score (nSPS) is 11.2. The lowest BCUT2D eigenvalue weighted by molar-refractivity contribution is 1.06. The van der Waals surface area contributed by atoms with Crippen LogP contribution in [0.5, 0.6) is 0 Å². The van der Waals surface area contributed by atoms with Gasteiger partial charge in [-0.1, -0.05) is 13.8 Å². The molecule has 0 saturated heterocycles. The Kier molecular flexibility index (Phi) is 3.11. The number of thioether (sulfide) groups is 1. The Balaban J connectivity index is 2.53. The van der Waals surface area contributed by atoms with Gasteiger partial charge in [-0.3, -0.25) is 0 Å². The van der Waals surface area contributed by atoms with Gasteiger partial charge in [0.1, 0.15) is 9.86 Å². The monoisotopic (exact) mass is 239 g/mol. The van der Waals surface area contributed by atoms with E-state index in [1.54, 1.807) is 23.1 Å². The summed E-state index contributed by atoms with van der Waals surface area (Å²) in [6, 6.07) is 2.09. The number of nitrogens with zero attached hydrogens (tertiary/aromatic N) is 2. The van der Waals surface area contributed by atoms with Crippen LogP contribution in [-0.4, -0.2) is 22.3 Å². The second-order valence-corrected chi connectivity index (χ2v) is 5.87. The van der Waals surface area contributed by atoms with Gasteiger partial charge in [-0.2, -0.15) is 0 Å². The smallest absolute Gasteiger partial charge is 0.224 e. The molecule has 0 unspecified atom stereocenters. The number of hydrogen-bond acceptors (Lipinski definition) is 5. The van der Waals surface area contributed by atoms with Gasteiger partial charge in [-0.05, 0) is 11.4 Å². The summed E-state index contributed by atoms with van der Waals surface area (Å²) in [5.74, 6) is 0.702. The molecule has 0 aliphatic carbocycles. The third kappa shape index (κ3) is 2.23. The highest BCUT2D eigenvalue weighted by molar-refractivity contribution is 8.00. The van der Waals surface area contributed by atoms with Crippen molar-refractivity contribution >= 4 is 39.3 Å². The number of fused-ring (bicyclic) bond motifs is 1. The van der Waals surface area contributed by atoms with Crippen LogP contribution >= 0.6 is 23.1 Å². The average Bonchev–Trinajstić information content (AvgIpc) is 2.64. The first-order valence-corrected chi connectivity index (χ1v) is 6.56. The van der Waals surface area contributed by atoms with Crippen LogP contribution in [0.1, 0.15) is 13.8 Å². The summed E-state index contributed by atoms with van der Waals surface area (Å²) < 4.78 is 0. The van der Waals surface area contributed by atoms with E-state index in [4.69, 9.17) is 0 Å². The highest BCUT2D eigenvalue weighted by atomic mass is 32.2. The standard InChI is InChI=1S/C10H13N3S2/c1-6(2)15-9-7-4-5-14-8(7)12-10(11-3)13-9/h4-6H,1-3H3,(H,11,12,13). The van der Waals surface area contributed by atoms with Crippen molar-refractivity contribution in [1.82, 2.24) is 9.97 Å². The summed E-state index contributed by atoms with van der Waals surface area (Å²) >= 11 is 3.43. The molecule has 0 aliphatic rings. The molecule has 0 spiro atoms. The predicted octanol–water partition coefficient (Wildman–Crippen LogP) is 3.23. The van der Waals surface area contributed by atoms with Crippen molar-refractivity contribution in [3.63, 3.8) is 0 Å². The molecule has 0 radical (unpaired) electrons. The molecule has 15 heavy (non-hydrogen) atoms. The van der Waals surface area contributed by atoms with Crippen LogP contribution in [0.3, 0.4) is 0 Å². The molecule has 3 nitrogen and oxygen atoms in total. The van der Waals surface area contributed by atoms with Crippen LogP contribution in [0.2, 0.25) is 0 Å². The third-order valence-electron chi connectivity index (χ3n) is 1.86. The summed E-state index contributed by atoms with van der Waals surface area (Å²) in [6.45, 7) is 4.34. The van der Waals surface area contributed by atoms with Crippen LogP contribution in [0, 0.1) is 0 Å². The van der Waals surface area contributed by atoms with Gasteiger partial charge in [0.25, 0.3) is 0 Å². The second-order valence-electron chi connectivity index (χ2n) is 3.41. The van der Waals surface area contributed by atoms with Gasteiger partial charge in [0.2, 0.25) is 5.95 Å². The molecule has 0 fully saturated rings. The molecular weight excluding hydrogens is 226 g/mol. The predicted molar refractivity (Wildman–Crippen MR) is 68.0 cm³/mol. The van der Waals surface area contributed by atoms with Gasteiger partial charge in [0.15, 0.2) is 0 Å². The Labute approximate surface area is 97.3 Å². The summed E-state index contributed by atoms with van der Waals surface area (Å²) in [7, 11) is 1.85. The van der Waals surface area contributed by atoms with Gasteiger partial charge in [-0.15, -0.1) is 23.1 Å². The highest BCUT2D eigenvalue weighted by Crippen LogP contribution is 2.31. The fourth-order valence-electron chi connectivity index (χ4n) is 1.25. The third-order valence-corrected chi connectivity index (χ3v) is 3.67. The first kappa shape index (κ1) is 10.7. The van der Waals surface area contributed by atoms with E-state index in [-0.39, 0.29) is 0 Å². The molecule has 2 aromatic heterocycles. The van der Waals surface area contributed by atoms with Gasteiger partial charge < -0.3 is 5.32 Å². The summed E-state index contributed by atoms with van der Waals surface area (Å²) in [5.41, 5.74) is 0.